The molecule has 2 aliphatic rings. The maximum atomic E-state index is 13.0. The molecule has 0 aliphatic carbocycles. The van der Waals surface area contributed by atoms with E-state index in [1.807, 2.05) is 41.0 Å². The summed E-state index contributed by atoms with van der Waals surface area (Å²) in [5.41, 5.74) is 1.98. The van der Waals surface area contributed by atoms with Crippen molar-refractivity contribution in [3.8, 4) is 0 Å². The van der Waals surface area contributed by atoms with E-state index in [-0.39, 0.29) is 5.91 Å². The number of benzene rings is 2. The van der Waals surface area contributed by atoms with Crippen molar-refractivity contribution in [3.63, 3.8) is 0 Å². The summed E-state index contributed by atoms with van der Waals surface area (Å²) in [6, 6.07) is 13.8. The van der Waals surface area contributed by atoms with Crippen LogP contribution >= 0.6 is 23.2 Å². The number of guanidine groups is 1. The van der Waals surface area contributed by atoms with E-state index in [9.17, 15) is 9.59 Å². The van der Waals surface area contributed by atoms with Crippen LogP contribution in [0.25, 0.3) is 0 Å². The van der Waals surface area contributed by atoms with Gasteiger partial charge >= 0.3 is 12.0 Å². The van der Waals surface area contributed by atoms with Crippen molar-refractivity contribution >= 4 is 46.9 Å². The molecule has 4 rings (SSSR count). The molecule has 0 bridgehead atoms. The number of urea groups is 1. The first kappa shape index (κ1) is 20.4. The fourth-order valence-corrected chi connectivity index (χ4v) is 3.73. The summed E-state index contributed by atoms with van der Waals surface area (Å²) < 4.78 is 1.87. The van der Waals surface area contributed by atoms with Crippen LogP contribution in [0.1, 0.15) is 11.1 Å². The van der Waals surface area contributed by atoms with E-state index in [4.69, 9.17) is 23.2 Å². The minimum atomic E-state index is -0.680. The summed E-state index contributed by atoms with van der Waals surface area (Å²) in [6.45, 7) is 0.925. The Balaban J connectivity index is 1.68. The Morgan fingerprint density at radius 1 is 0.933 bits per heavy atom. The number of carbonyl (C=O) groups is 2. The molecule has 2 aliphatic heterocycles. The number of fused-ring (bicyclic) bond motifs is 1. The smallest absolute Gasteiger partial charge is 0.271 e. The number of rotatable bonds is 4. The monoisotopic (exact) mass is 444 g/mol. The SMILES string of the molecule is CN1C(=O)C2C(=NC(NCc3ccc(Cl)cc3)=[N+]2Cc2ccc(Cl)cc2)N(C)C1=O. The van der Waals surface area contributed by atoms with Crippen LogP contribution in [-0.2, 0) is 17.9 Å². The second-order valence-corrected chi connectivity index (χ2v) is 8.04. The molecule has 0 spiro atoms. The average molecular weight is 445 g/mol. The number of amides is 3. The second kappa shape index (κ2) is 8.08. The third-order valence-corrected chi connectivity index (χ3v) is 5.66. The van der Waals surface area contributed by atoms with Gasteiger partial charge in [-0.05, 0) is 35.4 Å². The lowest BCUT2D eigenvalue weighted by molar-refractivity contribution is -0.553. The number of nitrogens with zero attached hydrogens (tertiary/aromatic N) is 4. The van der Waals surface area contributed by atoms with Crippen molar-refractivity contribution in [3.05, 3.63) is 69.7 Å². The average Bonchev–Trinajstić information content (AvgIpc) is 3.10. The van der Waals surface area contributed by atoms with Gasteiger partial charge in [-0.2, -0.15) is 0 Å². The lowest BCUT2D eigenvalue weighted by Gasteiger charge is -2.31. The minimum absolute atomic E-state index is 0.311. The molecule has 1 atom stereocenters. The highest BCUT2D eigenvalue weighted by Gasteiger charge is 2.51. The number of hydrogen-bond acceptors (Lipinski definition) is 4. The van der Waals surface area contributed by atoms with Gasteiger partial charge in [0.05, 0.1) is 13.1 Å². The highest BCUT2D eigenvalue weighted by molar-refractivity contribution is 6.30. The summed E-state index contributed by atoms with van der Waals surface area (Å²) in [5, 5.41) is 4.61. The van der Waals surface area contributed by atoms with Gasteiger partial charge in [-0.3, -0.25) is 19.9 Å². The molecule has 0 radical (unpaired) electrons. The van der Waals surface area contributed by atoms with Gasteiger partial charge in [0.2, 0.25) is 11.9 Å². The van der Waals surface area contributed by atoms with Crippen LogP contribution in [0.5, 0.6) is 0 Å². The number of halogens is 2. The van der Waals surface area contributed by atoms with Crippen molar-refractivity contribution in [1.82, 2.24) is 15.1 Å². The molecule has 9 heteroatoms. The number of imide groups is 1. The van der Waals surface area contributed by atoms with Crippen LogP contribution in [0.15, 0.2) is 53.5 Å². The summed E-state index contributed by atoms with van der Waals surface area (Å²) >= 11 is 12.0. The lowest BCUT2D eigenvalue weighted by atomic mass is 10.1. The van der Waals surface area contributed by atoms with Crippen LogP contribution in [0.2, 0.25) is 10.0 Å². The highest BCUT2D eigenvalue weighted by Crippen LogP contribution is 2.21. The third kappa shape index (κ3) is 3.78. The number of likely N-dealkylation sites (N-methyl/N-ethyl adjacent to an activating group) is 2. The van der Waals surface area contributed by atoms with E-state index in [1.165, 1.54) is 11.9 Å². The van der Waals surface area contributed by atoms with Crippen molar-refractivity contribution < 1.29 is 14.2 Å². The fourth-order valence-electron chi connectivity index (χ4n) is 3.48. The molecule has 7 nitrogen and oxygen atoms in total. The Morgan fingerprint density at radius 2 is 1.50 bits per heavy atom. The van der Waals surface area contributed by atoms with Crippen LogP contribution in [-0.4, -0.2) is 58.2 Å². The van der Waals surface area contributed by atoms with Gasteiger partial charge in [0.1, 0.15) is 0 Å². The lowest BCUT2D eigenvalue weighted by Crippen LogP contribution is -2.61. The zero-order valence-electron chi connectivity index (χ0n) is 16.5. The molecular weight excluding hydrogens is 425 g/mol. The van der Waals surface area contributed by atoms with E-state index in [2.05, 4.69) is 10.3 Å². The molecule has 3 amide bonds. The van der Waals surface area contributed by atoms with E-state index < -0.39 is 12.1 Å². The minimum Gasteiger partial charge on any atom is -0.271 e. The van der Waals surface area contributed by atoms with Crippen molar-refractivity contribution in [2.24, 2.45) is 4.99 Å². The second-order valence-electron chi connectivity index (χ2n) is 7.17. The van der Waals surface area contributed by atoms with Gasteiger partial charge in [0, 0.05) is 24.1 Å². The number of aliphatic imine (C=N–C) groups is 1. The summed E-state index contributed by atoms with van der Waals surface area (Å²) in [5.74, 6) is 0.632. The van der Waals surface area contributed by atoms with Crippen molar-refractivity contribution in [1.29, 1.82) is 0 Å². The summed E-state index contributed by atoms with van der Waals surface area (Å²) in [6.07, 6.45) is 0. The number of hydrogen-bond donors (Lipinski definition) is 1. The first-order chi connectivity index (χ1) is 14.3. The van der Waals surface area contributed by atoms with Gasteiger partial charge < -0.3 is 0 Å². The first-order valence-electron chi connectivity index (χ1n) is 9.35. The molecular formula is C21H20Cl2N5O2+. The Morgan fingerprint density at radius 3 is 2.10 bits per heavy atom. The molecule has 1 saturated heterocycles. The van der Waals surface area contributed by atoms with Crippen molar-refractivity contribution in [2.45, 2.75) is 19.1 Å². The molecule has 154 valence electrons. The fraction of sp³-hybridized carbons (Fsp3) is 0.238. The van der Waals surface area contributed by atoms with E-state index in [0.29, 0.717) is 34.9 Å². The Hall–Kier alpha value is -2.90. The molecule has 1 fully saturated rings. The van der Waals surface area contributed by atoms with Crippen LogP contribution in [0.3, 0.4) is 0 Å². The van der Waals surface area contributed by atoms with Gasteiger partial charge in [-0.25, -0.2) is 9.37 Å². The number of carbonyl (C=O) groups excluding carboxylic acids is 2. The number of amidine groups is 1. The van der Waals surface area contributed by atoms with Gasteiger partial charge in [-0.1, -0.05) is 52.5 Å². The van der Waals surface area contributed by atoms with Gasteiger partial charge in [-0.15, -0.1) is 0 Å². The van der Waals surface area contributed by atoms with E-state index in [0.717, 1.165) is 16.0 Å². The van der Waals surface area contributed by atoms with Crippen molar-refractivity contribution in [2.75, 3.05) is 14.1 Å². The summed E-state index contributed by atoms with van der Waals surface area (Å²) in [7, 11) is 3.11. The molecule has 1 unspecified atom stereocenters. The quantitative estimate of drug-likeness (QED) is 0.736. The maximum absolute atomic E-state index is 13.0. The van der Waals surface area contributed by atoms with Gasteiger partial charge in [0.15, 0.2) is 0 Å². The molecule has 1 N–H and O–H groups in total. The largest absolute Gasteiger partial charge is 0.390 e. The standard InChI is InChI=1S/C21H19Cl2N5O2/c1-26-18-17(19(29)27(2)21(26)30)28(12-14-5-9-16(23)10-6-14)20(25-18)24-11-13-3-7-15(22)8-4-13/h3-10,17H,11-12H2,1-2H3/p+1. The molecule has 0 aromatic heterocycles. The zero-order valence-corrected chi connectivity index (χ0v) is 18.0. The molecule has 30 heavy (non-hydrogen) atoms. The Kier molecular flexibility index (Phi) is 5.49. The highest BCUT2D eigenvalue weighted by atomic mass is 35.5. The predicted molar refractivity (Wildman–Crippen MR) is 116 cm³/mol. The van der Waals surface area contributed by atoms with E-state index >= 15 is 0 Å². The Bertz CT molecular complexity index is 1060. The summed E-state index contributed by atoms with van der Waals surface area (Å²) in [4.78, 5) is 32.5. The molecule has 2 aromatic rings. The Labute approximate surface area is 184 Å². The predicted octanol–water partition coefficient (Wildman–Crippen LogP) is 2.96. The normalized spacial score (nSPS) is 18.7. The van der Waals surface area contributed by atoms with E-state index in [1.54, 1.807) is 19.2 Å². The molecule has 2 aromatic carbocycles. The topological polar surface area (TPSA) is 68.0 Å². The maximum Gasteiger partial charge on any atom is 0.390 e. The first-order valence-corrected chi connectivity index (χ1v) is 10.1. The third-order valence-electron chi connectivity index (χ3n) is 5.16. The molecule has 0 saturated carbocycles. The number of nitrogens with one attached hydrogen (secondary N) is 1. The zero-order chi connectivity index (χ0) is 21.4. The van der Waals surface area contributed by atoms with Crippen LogP contribution < -0.4 is 5.32 Å². The van der Waals surface area contributed by atoms with Gasteiger partial charge in [0.25, 0.3) is 5.91 Å². The molecule has 2 heterocycles. The van der Waals surface area contributed by atoms with Crippen LogP contribution in [0, 0.1) is 0 Å². The van der Waals surface area contributed by atoms with Crippen LogP contribution in [0.4, 0.5) is 4.79 Å².